The molecule has 3 aromatic rings. The maximum Gasteiger partial charge on any atom is 0.354 e. The SMILES string of the molecule is CN1C(=O)c2ccccc2N2C(=O)CCC12C(=O)OCc1cn2cc(Cl)ccc2n1. The highest BCUT2D eigenvalue weighted by molar-refractivity contribution is 6.30. The second-order valence-electron chi connectivity index (χ2n) is 7.35. The molecule has 0 bridgehead atoms. The number of hydrogen-bond acceptors (Lipinski definition) is 5. The van der Waals surface area contributed by atoms with Crippen LogP contribution in [-0.2, 0) is 20.9 Å². The monoisotopic (exact) mass is 424 g/mol. The van der Waals surface area contributed by atoms with Crippen LogP contribution in [0.4, 0.5) is 5.69 Å². The third kappa shape index (κ3) is 2.53. The molecular weight excluding hydrogens is 408 g/mol. The van der Waals surface area contributed by atoms with Crippen molar-refractivity contribution in [3.63, 3.8) is 0 Å². The molecule has 8 nitrogen and oxygen atoms in total. The summed E-state index contributed by atoms with van der Waals surface area (Å²) in [5, 5.41) is 0.559. The minimum Gasteiger partial charge on any atom is -0.456 e. The molecule has 2 aliphatic rings. The van der Waals surface area contributed by atoms with Gasteiger partial charge < -0.3 is 14.0 Å². The van der Waals surface area contributed by atoms with E-state index in [0.29, 0.717) is 27.6 Å². The smallest absolute Gasteiger partial charge is 0.354 e. The number of rotatable bonds is 3. The number of para-hydroxylation sites is 1. The van der Waals surface area contributed by atoms with Gasteiger partial charge in [0.05, 0.1) is 22.0 Å². The number of ether oxygens (including phenoxy) is 1. The molecule has 1 saturated heterocycles. The third-order valence-corrected chi connectivity index (χ3v) is 5.91. The van der Waals surface area contributed by atoms with Crippen LogP contribution < -0.4 is 4.90 Å². The van der Waals surface area contributed by atoms with Crippen molar-refractivity contribution in [3.05, 3.63) is 65.1 Å². The Morgan fingerprint density at radius 2 is 2.00 bits per heavy atom. The van der Waals surface area contributed by atoms with Gasteiger partial charge in [-0.2, -0.15) is 0 Å². The second kappa shape index (κ2) is 6.56. The minimum absolute atomic E-state index is 0.0917. The first-order chi connectivity index (χ1) is 14.4. The standard InChI is InChI=1S/C21H17ClN4O4/c1-24-19(28)15-4-2-3-5-16(15)26-18(27)8-9-21(24,26)20(29)30-12-14-11-25-10-13(22)6-7-17(25)23-14/h2-7,10-11H,8-9,12H2,1H3. The highest BCUT2D eigenvalue weighted by Gasteiger charge is 2.60. The summed E-state index contributed by atoms with van der Waals surface area (Å²) in [6.45, 7) is -0.0917. The van der Waals surface area contributed by atoms with E-state index in [4.69, 9.17) is 16.3 Å². The number of imidazole rings is 1. The van der Waals surface area contributed by atoms with Crippen molar-refractivity contribution in [2.45, 2.75) is 25.1 Å². The summed E-state index contributed by atoms with van der Waals surface area (Å²) in [5.41, 5.74) is 0.520. The zero-order chi connectivity index (χ0) is 21.0. The van der Waals surface area contributed by atoms with Crippen LogP contribution in [0, 0.1) is 0 Å². The second-order valence-corrected chi connectivity index (χ2v) is 7.78. The Kier molecular flexibility index (Phi) is 4.08. The van der Waals surface area contributed by atoms with Gasteiger partial charge in [-0.1, -0.05) is 23.7 Å². The molecular formula is C21H17ClN4O4. The van der Waals surface area contributed by atoms with Gasteiger partial charge in [-0.25, -0.2) is 9.78 Å². The molecule has 1 aromatic carbocycles. The van der Waals surface area contributed by atoms with E-state index in [1.807, 2.05) is 0 Å². The van der Waals surface area contributed by atoms with Crippen LogP contribution in [0.25, 0.3) is 5.65 Å². The lowest BCUT2D eigenvalue weighted by Gasteiger charge is -2.46. The number of esters is 1. The van der Waals surface area contributed by atoms with Crippen molar-refractivity contribution in [2.24, 2.45) is 0 Å². The first-order valence-electron chi connectivity index (χ1n) is 9.42. The van der Waals surface area contributed by atoms with Crippen LogP contribution in [0.3, 0.4) is 0 Å². The Bertz CT molecular complexity index is 1220. The highest BCUT2D eigenvalue weighted by atomic mass is 35.5. The molecule has 9 heteroatoms. The Morgan fingerprint density at radius 3 is 2.83 bits per heavy atom. The normalized spacial score (nSPS) is 20.5. The Labute approximate surface area is 176 Å². The minimum atomic E-state index is -1.50. The average Bonchev–Trinajstić information content (AvgIpc) is 3.31. The fourth-order valence-corrected chi connectivity index (χ4v) is 4.40. The van der Waals surface area contributed by atoms with Gasteiger partial charge in [-0.3, -0.25) is 14.5 Å². The number of fused-ring (bicyclic) bond motifs is 4. The van der Waals surface area contributed by atoms with Crippen molar-refractivity contribution in [3.8, 4) is 0 Å². The lowest BCUT2D eigenvalue weighted by molar-refractivity contribution is -0.158. The zero-order valence-corrected chi connectivity index (χ0v) is 16.8. The van der Waals surface area contributed by atoms with Gasteiger partial charge >= 0.3 is 5.97 Å². The molecule has 4 heterocycles. The van der Waals surface area contributed by atoms with Crippen molar-refractivity contribution in [1.82, 2.24) is 14.3 Å². The predicted octanol–water partition coefficient (Wildman–Crippen LogP) is 2.64. The number of carbonyl (C=O) groups is 3. The lowest BCUT2D eigenvalue weighted by atomic mass is 9.97. The Balaban J connectivity index is 1.47. The molecule has 0 aliphatic carbocycles. The number of likely N-dealkylation sites (N-methyl/N-ethyl adjacent to an activating group) is 1. The van der Waals surface area contributed by atoms with Crippen LogP contribution >= 0.6 is 11.6 Å². The van der Waals surface area contributed by atoms with Crippen LogP contribution in [0.5, 0.6) is 0 Å². The number of benzene rings is 1. The van der Waals surface area contributed by atoms with E-state index in [-0.39, 0.29) is 31.3 Å². The molecule has 0 N–H and O–H groups in total. The summed E-state index contributed by atoms with van der Waals surface area (Å²) >= 11 is 5.99. The highest BCUT2D eigenvalue weighted by Crippen LogP contribution is 2.44. The number of halogens is 1. The number of aromatic nitrogens is 2. The average molecular weight is 425 g/mol. The Hall–Kier alpha value is -3.39. The zero-order valence-electron chi connectivity index (χ0n) is 16.0. The van der Waals surface area contributed by atoms with Crippen molar-refractivity contribution >= 4 is 40.7 Å². The summed E-state index contributed by atoms with van der Waals surface area (Å²) in [6, 6.07) is 10.3. The molecule has 0 radical (unpaired) electrons. The summed E-state index contributed by atoms with van der Waals surface area (Å²) in [6.07, 6.45) is 3.74. The first-order valence-corrected chi connectivity index (χ1v) is 9.80. The van der Waals surface area contributed by atoms with E-state index < -0.39 is 11.6 Å². The van der Waals surface area contributed by atoms with Gasteiger partial charge in [0.15, 0.2) is 0 Å². The fraction of sp³-hybridized carbons (Fsp3) is 0.238. The number of carbonyl (C=O) groups excluding carboxylic acids is 3. The molecule has 2 aromatic heterocycles. The number of pyridine rings is 1. The Morgan fingerprint density at radius 1 is 1.20 bits per heavy atom. The van der Waals surface area contributed by atoms with E-state index >= 15 is 0 Å². The third-order valence-electron chi connectivity index (χ3n) is 5.68. The van der Waals surface area contributed by atoms with E-state index in [1.54, 1.807) is 53.2 Å². The number of hydrogen-bond donors (Lipinski definition) is 0. The molecule has 1 unspecified atom stereocenters. The van der Waals surface area contributed by atoms with Crippen molar-refractivity contribution < 1.29 is 19.1 Å². The summed E-state index contributed by atoms with van der Waals surface area (Å²) in [7, 11) is 1.53. The van der Waals surface area contributed by atoms with E-state index in [0.717, 1.165) is 0 Å². The molecule has 1 atom stereocenters. The van der Waals surface area contributed by atoms with Gasteiger partial charge in [-0.15, -0.1) is 0 Å². The molecule has 5 rings (SSSR count). The summed E-state index contributed by atoms with van der Waals surface area (Å²) < 4.78 is 7.32. The van der Waals surface area contributed by atoms with Gasteiger partial charge in [0.2, 0.25) is 11.6 Å². The molecule has 2 aliphatic heterocycles. The molecule has 0 saturated carbocycles. The van der Waals surface area contributed by atoms with Gasteiger partial charge in [0, 0.05) is 32.3 Å². The number of amides is 2. The molecule has 0 spiro atoms. The molecule has 2 amide bonds. The van der Waals surface area contributed by atoms with Gasteiger partial charge in [0.25, 0.3) is 5.91 Å². The van der Waals surface area contributed by atoms with Crippen LogP contribution in [0.1, 0.15) is 28.9 Å². The van der Waals surface area contributed by atoms with Gasteiger partial charge in [0.1, 0.15) is 12.3 Å². The maximum absolute atomic E-state index is 13.3. The molecule has 30 heavy (non-hydrogen) atoms. The topological polar surface area (TPSA) is 84.2 Å². The van der Waals surface area contributed by atoms with Crippen LogP contribution in [0.2, 0.25) is 5.02 Å². The van der Waals surface area contributed by atoms with E-state index in [2.05, 4.69) is 4.98 Å². The van der Waals surface area contributed by atoms with Gasteiger partial charge in [-0.05, 0) is 24.3 Å². The number of anilines is 1. The van der Waals surface area contributed by atoms with Crippen molar-refractivity contribution in [2.75, 3.05) is 11.9 Å². The fourth-order valence-electron chi connectivity index (χ4n) is 4.23. The summed E-state index contributed by atoms with van der Waals surface area (Å²) in [5.74, 6) is -1.20. The lowest BCUT2D eigenvalue weighted by Crippen LogP contribution is -2.67. The first kappa shape index (κ1) is 18.6. The van der Waals surface area contributed by atoms with Crippen molar-refractivity contribution in [1.29, 1.82) is 0 Å². The summed E-state index contributed by atoms with van der Waals surface area (Å²) in [4.78, 5) is 46.1. The largest absolute Gasteiger partial charge is 0.456 e. The molecule has 152 valence electrons. The van der Waals surface area contributed by atoms with Crippen LogP contribution in [-0.4, -0.2) is 44.8 Å². The van der Waals surface area contributed by atoms with E-state index in [1.165, 1.54) is 16.8 Å². The predicted molar refractivity (Wildman–Crippen MR) is 108 cm³/mol. The van der Waals surface area contributed by atoms with E-state index in [9.17, 15) is 14.4 Å². The maximum atomic E-state index is 13.3. The molecule has 1 fully saturated rings. The van der Waals surface area contributed by atoms with Crippen LogP contribution in [0.15, 0.2) is 48.8 Å². The number of nitrogens with zero attached hydrogens (tertiary/aromatic N) is 4. The quantitative estimate of drug-likeness (QED) is 0.603.